The number of rotatable bonds is 1. The third-order valence-electron chi connectivity index (χ3n) is 2.47. The molecule has 2 aromatic heterocycles. The van der Waals surface area contributed by atoms with Crippen LogP contribution in [0.3, 0.4) is 0 Å². The summed E-state index contributed by atoms with van der Waals surface area (Å²) in [5.41, 5.74) is 0.609. The minimum atomic E-state index is -3.48. The molecular weight excluding hydrogens is 374 g/mol. The summed E-state index contributed by atoms with van der Waals surface area (Å²) in [6, 6.07) is 1.21. The first-order valence-electron chi connectivity index (χ1n) is 5.22. The Hall–Kier alpha value is -0.500. The largest absolute Gasteiger partial charge is 0.365 e. The zero-order chi connectivity index (χ0) is 13.7. The highest BCUT2D eigenvalue weighted by Crippen LogP contribution is 2.32. The van der Waals surface area contributed by atoms with Gasteiger partial charge in [0.05, 0.1) is 5.69 Å². The Labute approximate surface area is 122 Å². The average Bonchev–Trinajstić information content (AvgIpc) is 2.59. The lowest BCUT2D eigenvalue weighted by Crippen LogP contribution is -2.11. The van der Waals surface area contributed by atoms with Gasteiger partial charge in [0.15, 0.2) is 3.83 Å². The summed E-state index contributed by atoms with van der Waals surface area (Å²) in [5, 5.41) is -3.48. The fourth-order valence-corrected chi connectivity index (χ4v) is 2.20. The molecule has 7 heteroatoms. The normalized spacial score (nSPS) is 13.3. The van der Waals surface area contributed by atoms with E-state index in [1.54, 1.807) is 10.6 Å². The maximum atomic E-state index is 13.1. The lowest BCUT2D eigenvalue weighted by Gasteiger charge is -2.13. The van der Waals surface area contributed by atoms with Crippen LogP contribution in [0.25, 0.3) is 5.65 Å². The first kappa shape index (κ1) is 13.9. The Bertz CT molecular complexity index is 599. The summed E-state index contributed by atoms with van der Waals surface area (Å²) in [4.78, 5) is 8.14. The van der Waals surface area contributed by atoms with Crippen LogP contribution in [-0.4, -0.2) is 14.4 Å². The van der Waals surface area contributed by atoms with Gasteiger partial charge in [-0.1, -0.05) is 20.8 Å². The maximum absolute atomic E-state index is 13.1. The number of fused-ring (bicyclic) bond motifs is 1. The molecule has 2 heterocycles. The molecule has 3 nitrogen and oxygen atoms in total. The van der Waals surface area contributed by atoms with Gasteiger partial charge in [0.2, 0.25) is 0 Å². The van der Waals surface area contributed by atoms with E-state index in [4.69, 9.17) is 11.6 Å². The van der Waals surface area contributed by atoms with Crippen LogP contribution in [0, 0.1) is 3.83 Å². The molecule has 0 aliphatic rings. The van der Waals surface area contributed by atoms with Crippen molar-refractivity contribution in [1.29, 1.82) is 0 Å². The van der Waals surface area contributed by atoms with Crippen molar-refractivity contribution in [1.82, 2.24) is 14.4 Å². The second kappa shape index (κ2) is 4.26. The quantitative estimate of drug-likeness (QED) is 0.423. The SMILES string of the molecule is CC(C)(C)c1cn2c(I)nc(C(F)(F)Cl)cc2n1. The summed E-state index contributed by atoms with van der Waals surface area (Å²) in [6.45, 7) is 6.02. The van der Waals surface area contributed by atoms with Crippen molar-refractivity contribution in [3.63, 3.8) is 0 Å². The molecule has 0 bridgehead atoms. The lowest BCUT2D eigenvalue weighted by atomic mass is 9.93. The second-order valence-electron chi connectivity index (χ2n) is 5.01. The molecule has 0 saturated heterocycles. The Morgan fingerprint density at radius 3 is 2.33 bits per heavy atom. The van der Waals surface area contributed by atoms with Crippen LogP contribution in [-0.2, 0) is 10.8 Å². The molecule has 0 aliphatic heterocycles. The van der Waals surface area contributed by atoms with E-state index in [0.29, 0.717) is 9.48 Å². The molecule has 0 spiro atoms. The first-order valence-corrected chi connectivity index (χ1v) is 6.68. The molecule has 0 saturated carbocycles. The molecule has 98 valence electrons. The van der Waals surface area contributed by atoms with Gasteiger partial charge in [0.1, 0.15) is 11.3 Å². The van der Waals surface area contributed by atoms with Crippen LogP contribution in [0.2, 0.25) is 0 Å². The smallest absolute Gasteiger partial charge is 0.279 e. The van der Waals surface area contributed by atoms with Crippen molar-refractivity contribution in [2.45, 2.75) is 31.6 Å². The van der Waals surface area contributed by atoms with Crippen molar-refractivity contribution < 1.29 is 8.78 Å². The maximum Gasteiger partial charge on any atom is 0.365 e. The van der Waals surface area contributed by atoms with Crippen molar-refractivity contribution in [2.75, 3.05) is 0 Å². The van der Waals surface area contributed by atoms with Crippen LogP contribution < -0.4 is 0 Å². The fourth-order valence-electron chi connectivity index (χ4n) is 1.46. The number of hydrogen-bond donors (Lipinski definition) is 0. The van der Waals surface area contributed by atoms with Crippen LogP contribution in [0.15, 0.2) is 12.3 Å². The van der Waals surface area contributed by atoms with E-state index in [0.717, 1.165) is 5.69 Å². The highest BCUT2D eigenvalue weighted by Gasteiger charge is 2.31. The van der Waals surface area contributed by atoms with Crippen LogP contribution in [0.1, 0.15) is 32.2 Å². The molecule has 0 aromatic carbocycles. The third-order valence-corrected chi connectivity index (χ3v) is 3.42. The summed E-state index contributed by atoms with van der Waals surface area (Å²) in [6.07, 6.45) is 1.81. The number of imidazole rings is 1. The highest BCUT2D eigenvalue weighted by atomic mass is 127. The molecule has 18 heavy (non-hydrogen) atoms. The van der Waals surface area contributed by atoms with Gasteiger partial charge in [-0.2, -0.15) is 8.78 Å². The van der Waals surface area contributed by atoms with Gasteiger partial charge < -0.3 is 0 Å². The zero-order valence-corrected chi connectivity index (χ0v) is 12.9. The summed E-state index contributed by atoms with van der Waals surface area (Å²) >= 11 is 6.88. The monoisotopic (exact) mass is 385 g/mol. The van der Waals surface area contributed by atoms with Crippen molar-refractivity contribution in [3.8, 4) is 0 Å². The molecule has 0 fully saturated rings. The standard InChI is InChI=1S/C11H11ClF2IN3/c1-10(2,3)7-5-18-8(16-7)4-6(11(12,13)14)17-9(18)15/h4-5H,1-3H3. The van der Waals surface area contributed by atoms with Gasteiger partial charge in [-0.15, -0.1) is 0 Å². The molecular formula is C11H11ClF2IN3. The average molecular weight is 386 g/mol. The number of alkyl halides is 3. The predicted octanol–water partition coefficient (Wildman–Crippen LogP) is 3.92. The zero-order valence-electron chi connectivity index (χ0n) is 10.0. The lowest BCUT2D eigenvalue weighted by molar-refractivity contribution is 0.0897. The number of aromatic nitrogens is 3. The van der Waals surface area contributed by atoms with Crippen LogP contribution in [0.5, 0.6) is 0 Å². The molecule has 0 atom stereocenters. The predicted molar refractivity (Wildman–Crippen MR) is 74.2 cm³/mol. The molecule has 0 amide bonds. The Balaban J connectivity index is 2.67. The number of hydrogen-bond acceptors (Lipinski definition) is 2. The Morgan fingerprint density at radius 2 is 1.83 bits per heavy atom. The molecule has 0 N–H and O–H groups in total. The van der Waals surface area contributed by atoms with Gasteiger partial charge in [0, 0.05) is 40.3 Å². The van der Waals surface area contributed by atoms with Crippen LogP contribution in [0.4, 0.5) is 8.78 Å². The van der Waals surface area contributed by atoms with Crippen molar-refractivity contribution >= 4 is 39.8 Å². The van der Waals surface area contributed by atoms with E-state index >= 15 is 0 Å². The molecule has 2 aromatic rings. The van der Waals surface area contributed by atoms with E-state index in [9.17, 15) is 8.78 Å². The molecule has 0 aliphatic carbocycles. The van der Waals surface area contributed by atoms with Gasteiger partial charge in [-0.25, -0.2) is 9.97 Å². The van der Waals surface area contributed by atoms with E-state index in [2.05, 4.69) is 9.97 Å². The number of nitrogens with zero attached hydrogens (tertiary/aromatic N) is 3. The minimum absolute atomic E-state index is 0.154. The van der Waals surface area contributed by atoms with E-state index in [1.807, 2.05) is 43.4 Å². The number of halogens is 4. The van der Waals surface area contributed by atoms with Gasteiger partial charge in [-0.3, -0.25) is 4.40 Å². The fraction of sp³-hybridized carbons (Fsp3) is 0.455. The third kappa shape index (κ3) is 2.59. The van der Waals surface area contributed by atoms with Crippen molar-refractivity contribution in [3.05, 3.63) is 27.5 Å². The van der Waals surface area contributed by atoms with E-state index < -0.39 is 11.1 Å². The van der Waals surface area contributed by atoms with Gasteiger partial charge in [-0.05, 0) is 11.6 Å². The van der Waals surface area contributed by atoms with Gasteiger partial charge in [0.25, 0.3) is 0 Å². The first-order chi connectivity index (χ1) is 8.09. The molecule has 0 unspecified atom stereocenters. The molecule has 0 radical (unpaired) electrons. The van der Waals surface area contributed by atoms with E-state index in [1.165, 1.54) is 6.07 Å². The molecule has 2 rings (SSSR count). The minimum Gasteiger partial charge on any atom is -0.279 e. The summed E-state index contributed by atoms with van der Waals surface area (Å²) in [7, 11) is 0. The van der Waals surface area contributed by atoms with E-state index in [-0.39, 0.29) is 5.41 Å². The summed E-state index contributed by atoms with van der Waals surface area (Å²) in [5.74, 6) is 0. The highest BCUT2D eigenvalue weighted by molar-refractivity contribution is 14.1. The topological polar surface area (TPSA) is 30.2 Å². The van der Waals surface area contributed by atoms with Gasteiger partial charge >= 0.3 is 5.38 Å². The van der Waals surface area contributed by atoms with Crippen molar-refractivity contribution in [2.24, 2.45) is 0 Å². The van der Waals surface area contributed by atoms with Crippen LogP contribution >= 0.6 is 34.2 Å². The Morgan fingerprint density at radius 1 is 1.22 bits per heavy atom. The summed E-state index contributed by atoms with van der Waals surface area (Å²) < 4.78 is 28.2. The second-order valence-corrected chi connectivity index (χ2v) is 6.45. The Kier molecular flexibility index (Phi) is 3.30.